The molecule has 29 heavy (non-hydrogen) atoms. The Labute approximate surface area is 181 Å². The highest BCUT2D eigenvalue weighted by atomic mass is 31.1. The van der Waals surface area contributed by atoms with Crippen LogP contribution >= 0.6 is 15.8 Å². The number of hydrogen-bond donors (Lipinski definition) is 0. The molecule has 0 spiro atoms. The lowest BCUT2D eigenvalue weighted by Gasteiger charge is -2.46. The minimum absolute atomic E-state index is 0.203. The van der Waals surface area contributed by atoms with Crippen molar-refractivity contribution in [2.75, 3.05) is 0 Å². The third-order valence-electron chi connectivity index (χ3n) is 5.50. The summed E-state index contributed by atoms with van der Waals surface area (Å²) in [5.74, 6) is 0. The Bertz CT molecular complexity index is 811. The molecule has 3 rings (SSSR count). The molecule has 2 heteroatoms. The van der Waals surface area contributed by atoms with Gasteiger partial charge < -0.3 is 0 Å². The first-order valence-corrected chi connectivity index (χ1v) is 13.5. The molecule has 0 heterocycles. The molecule has 0 bridgehead atoms. The molecule has 0 saturated heterocycles. The summed E-state index contributed by atoms with van der Waals surface area (Å²) in [6.45, 7) is 17.1. The van der Waals surface area contributed by atoms with Gasteiger partial charge in [-0.15, -0.1) is 0 Å². The summed E-state index contributed by atoms with van der Waals surface area (Å²) in [6, 6.07) is 22.3. The smallest absolute Gasteiger partial charge is 0.00262 e. The van der Waals surface area contributed by atoms with E-state index in [-0.39, 0.29) is 7.92 Å². The minimum atomic E-state index is -0.517. The van der Waals surface area contributed by atoms with Gasteiger partial charge in [0.05, 0.1) is 0 Å². The Morgan fingerprint density at radius 2 is 1.14 bits per heavy atom. The van der Waals surface area contributed by atoms with E-state index >= 15 is 0 Å². The van der Waals surface area contributed by atoms with Crippen LogP contribution in [0, 0.1) is 0 Å². The predicted molar refractivity (Wildman–Crippen MR) is 136 cm³/mol. The van der Waals surface area contributed by atoms with Crippen molar-refractivity contribution in [2.24, 2.45) is 0 Å². The van der Waals surface area contributed by atoms with Gasteiger partial charge in [-0.1, -0.05) is 129 Å². The van der Waals surface area contributed by atoms with Crippen LogP contribution < -0.4 is 10.6 Å². The molecule has 0 fully saturated rings. The van der Waals surface area contributed by atoms with Crippen molar-refractivity contribution in [2.45, 2.75) is 70.9 Å². The van der Waals surface area contributed by atoms with Gasteiger partial charge in [0, 0.05) is 5.66 Å². The van der Waals surface area contributed by atoms with Crippen LogP contribution in [0.1, 0.15) is 54.9 Å². The second kappa shape index (κ2) is 8.88. The monoisotopic (exact) mass is 422 g/mol. The summed E-state index contributed by atoms with van der Waals surface area (Å²) < 4.78 is 0. The van der Waals surface area contributed by atoms with Crippen LogP contribution in [0.15, 0.2) is 83.7 Å². The third kappa shape index (κ3) is 5.10. The van der Waals surface area contributed by atoms with Crippen molar-refractivity contribution in [3.63, 3.8) is 0 Å². The summed E-state index contributed by atoms with van der Waals surface area (Å²) in [5.41, 5.74) is 2.20. The van der Waals surface area contributed by atoms with Crippen molar-refractivity contribution in [3.05, 3.63) is 83.7 Å². The van der Waals surface area contributed by atoms with E-state index in [2.05, 4.69) is 121 Å². The first kappa shape index (κ1) is 22.5. The van der Waals surface area contributed by atoms with Gasteiger partial charge in [0.25, 0.3) is 0 Å². The first-order chi connectivity index (χ1) is 13.6. The molecule has 0 unspecified atom stereocenters. The maximum atomic E-state index is 2.52. The predicted octanol–water partition coefficient (Wildman–Crippen LogP) is 7.80. The average Bonchev–Trinajstić information content (AvgIpc) is 3.11. The normalized spacial score (nSPS) is 16.2. The summed E-state index contributed by atoms with van der Waals surface area (Å²) in [5, 5.41) is 5.14. The number of hydrogen-bond acceptors (Lipinski definition) is 0. The second-order valence-corrected chi connectivity index (χ2v) is 16.3. The topological polar surface area (TPSA) is 0 Å². The fourth-order valence-corrected chi connectivity index (χ4v) is 12.6. The van der Waals surface area contributed by atoms with E-state index in [1.54, 1.807) is 10.9 Å². The van der Waals surface area contributed by atoms with E-state index in [9.17, 15) is 0 Å². The molecule has 0 aromatic heterocycles. The van der Waals surface area contributed by atoms with Gasteiger partial charge in [-0.3, -0.25) is 0 Å². The summed E-state index contributed by atoms with van der Waals surface area (Å²) in [4.78, 5) is 0. The SMILES string of the molecule is C[C@H](C1=CCC=C1P(c1ccccc1)c1ccccc1)P(C(C)(C)C)C(C)(C)C. The molecule has 1 aliphatic carbocycles. The summed E-state index contributed by atoms with van der Waals surface area (Å²) in [6.07, 6.45) is 6.11. The van der Waals surface area contributed by atoms with Crippen molar-refractivity contribution >= 4 is 26.5 Å². The lowest BCUT2D eigenvalue weighted by atomic mass is 10.2. The molecule has 2 aromatic carbocycles. The minimum Gasteiger partial charge on any atom is -0.0882 e. The van der Waals surface area contributed by atoms with Gasteiger partial charge >= 0.3 is 0 Å². The Morgan fingerprint density at radius 3 is 1.55 bits per heavy atom. The van der Waals surface area contributed by atoms with Gasteiger partial charge in [0.15, 0.2) is 0 Å². The van der Waals surface area contributed by atoms with E-state index in [0.717, 1.165) is 6.42 Å². The van der Waals surface area contributed by atoms with Crippen LogP contribution in [0.3, 0.4) is 0 Å². The fourth-order valence-electron chi connectivity index (χ4n) is 5.01. The van der Waals surface area contributed by atoms with Crippen LogP contribution in [-0.4, -0.2) is 16.0 Å². The van der Waals surface area contributed by atoms with Crippen molar-refractivity contribution in [1.82, 2.24) is 0 Å². The zero-order valence-electron chi connectivity index (χ0n) is 19.1. The highest BCUT2D eigenvalue weighted by molar-refractivity contribution is 7.77. The van der Waals surface area contributed by atoms with Gasteiger partial charge in [-0.2, -0.15) is 0 Å². The fraction of sp³-hybridized carbons (Fsp3) is 0.407. The standard InChI is InChI=1S/C27H36P2/c1-21(29(26(2,3)4)27(5,6)7)24-19-14-20-25(24)28(22-15-10-8-11-16-22)23-17-12-9-13-18-23/h8-13,15-21H,14H2,1-7H3/t21-/m1/s1. The molecule has 1 aliphatic rings. The second-order valence-electron chi connectivity index (χ2n) is 9.88. The molecule has 0 nitrogen and oxygen atoms in total. The van der Waals surface area contributed by atoms with E-state index in [1.807, 2.05) is 0 Å². The Morgan fingerprint density at radius 1 is 0.690 bits per heavy atom. The van der Waals surface area contributed by atoms with Crippen LogP contribution in [0.4, 0.5) is 0 Å². The molecular weight excluding hydrogens is 386 g/mol. The summed E-state index contributed by atoms with van der Waals surface area (Å²) in [7, 11) is -0.720. The van der Waals surface area contributed by atoms with Crippen molar-refractivity contribution in [1.29, 1.82) is 0 Å². The van der Waals surface area contributed by atoms with Crippen molar-refractivity contribution in [3.8, 4) is 0 Å². The lowest BCUT2D eigenvalue weighted by Crippen LogP contribution is -2.31. The molecule has 0 saturated carbocycles. The molecule has 0 N–H and O–H groups in total. The third-order valence-corrected chi connectivity index (χ3v) is 12.0. The largest absolute Gasteiger partial charge is 0.0882 e. The van der Waals surface area contributed by atoms with Gasteiger partial charge in [-0.05, 0) is 46.2 Å². The quantitative estimate of drug-likeness (QED) is 0.431. The van der Waals surface area contributed by atoms with Crippen LogP contribution in [0.2, 0.25) is 0 Å². The van der Waals surface area contributed by atoms with E-state index in [4.69, 9.17) is 0 Å². The number of allylic oxidation sites excluding steroid dienone is 4. The van der Waals surface area contributed by atoms with Crippen LogP contribution in [0.25, 0.3) is 0 Å². The Kier molecular flexibility index (Phi) is 6.88. The van der Waals surface area contributed by atoms with Gasteiger partial charge in [0.1, 0.15) is 0 Å². The van der Waals surface area contributed by atoms with Crippen LogP contribution in [-0.2, 0) is 0 Å². The van der Waals surface area contributed by atoms with Crippen LogP contribution in [0.5, 0.6) is 0 Å². The zero-order valence-corrected chi connectivity index (χ0v) is 20.9. The van der Waals surface area contributed by atoms with Gasteiger partial charge in [0.2, 0.25) is 0 Å². The summed E-state index contributed by atoms with van der Waals surface area (Å²) >= 11 is 0. The number of rotatable bonds is 5. The molecule has 2 aromatic rings. The first-order valence-electron chi connectivity index (χ1n) is 10.7. The number of benzene rings is 2. The average molecular weight is 423 g/mol. The Hall–Kier alpha value is -1.22. The maximum absolute atomic E-state index is 2.52. The Balaban J connectivity index is 2.05. The molecule has 1 atom stereocenters. The molecule has 0 aliphatic heterocycles. The van der Waals surface area contributed by atoms with E-state index in [0.29, 0.717) is 16.0 Å². The van der Waals surface area contributed by atoms with Crippen molar-refractivity contribution < 1.29 is 0 Å². The highest BCUT2D eigenvalue weighted by Gasteiger charge is 2.41. The van der Waals surface area contributed by atoms with Gasteiger partial charge in [-0.25, -0.2) is 0 Å². The molecular formula is C27H36P2. The molecule has 0 radical (unpaired) electrons. The lowest BCUT2D eigenvalue weighted by molar-refractivity contribution is 0.695. The van der Waals surface area contributed by atoms with E-state index in [1.165, 1.54) is 10.6 Å². The molecule has 154 valence electrons. The zero-order chi connectivity index (χ0) is 21.2. The molecule has 0 amide bonds. The van der Waals surface area contributed by atoms with E-state index < -0.39 is 7.92 Å². The highest BCUT2D eigenvalue weighted by Crippen LogP contribution is 2.66. The maximum Gasteiger partial charge on any atom is 0.00262 e.